The maximum atomic E-state index is 13.5. The van der Waals surface area contributed by atoms with Crippen molar-refractivity contribution in [3.05, 3.63) is 69.4 Å². The number of amides is 1. The second-order valence-electron chi connectivity index (χ2n) is 6.98. The number of anilines is 1. The van der Waals surface area contributed by atoms with E-state index in [1.54, 1.807) is 26.8 Å². The summed E-state index contributed by atoms with van der Waals surface area (Å²) >= 11 is 0. The first-order valence-corrected chi connectivity index (χ1v) is 9.20. The minimum Gasteiger partial charge on any atom is -0.324 e. The number of halogens is 4. The molecule has 1 heterocycles. The zero-order valence-corrected chi connectivity index (χ0v) is 16.5. The van der Waals surface area contributed by atoms with Crippen LogP contribution < -0.4 is 10.9 Å². The summed E-state index contributed by atoms with van der Waals surface area (Å²) in [6.45, 7) is 5.06. The monoisotopic (exact) mass is 421 g/mol. The maximum Gasteiger partial charge on any atom is 0.438 e. The molecule has 9 heteroatoms. The van der Waals surface area contributed by atoms with Crippen LogP contribution in [0.4, 0.5) is 23.2 Å². The van der Waals surface area contributed by atoms with E-state index >= 15 is 0 Å². The van der Waals surface area contributed by atoms with Crippen molar-refractivity contribution in [2.45, 2.75) is 39.4 Å². The summed E-state index contributed by atoms with van der Waals surface area (Å²) in [5, 5.41) is 2.53. The summed E-state index contributed by atoms with van der Waals surface area (Å²) in [7, 11) is 0. The number of fused-ring (bicyclic) bond motifs is 1. The van der Waals surface area contributed by atoms with Gasteiger partial charge in [0.1, 0.15) is 11.9 Å². The fourth-order valence-corrected chi connectivity index (χ4v) is 3.20. The van der Waals surface area contributed by atoms with Crippen LogP contribution in [0.1, 0.15) is 36.2 Å². The molecule has 158 valence electrons. The number of rotatable bonds is 4. The van der Waals surface area contributed by atoms with Crippen molar-refractivity contribution >= 4 is 22.6 Å². The standard InChI is InChI=1S/C21H19F4N3O2/c1-4-16(19(29)26-14-7-5-13(22)6-8-14)28-17-10-12(3)11(2)9-15(17)27-18(20(28)30)21(23,24)25/h5-10,16H,4H2,1-3H3,(H,26,29)/t16-/m0/s1. The molecule has 0 saturated carbocycles. The van der Waals surface area contributed by atoms with E-state index in [9.17, 15) is 27.2 Å². The quantitative estimate of drug-likeness (QED) is 0.618. The van der Waals surface area contributed by atoms with Gasteiger partial charge in [-0.05, 0) is 67.8 Å². The first kappa shape index (κ1) is 21.5. The fraction of sp³-hybridized carbons (Fsp3) is 0.286. The molecule has 0 aliphatic heterocycles. The van der Waals surface area contributed by atoms with Crippen LogP contribution in [0.15, 0.2) is 41.2 Å². The van der Waals surface area contributed by atoms with E-state index in [0.29, 0.717) is 5.56 Å². The van der Waals surface area contributed by atoms with Crippen LogP contribution in [0, 0.1) is 19.7 Å². The van der Waals surface area contributed by atoms with Crippen LogP contribution in [0.25, 0.3) is 11.0 Å². The molecule has 1 aromatic heterocycles. The van der Waals surface area contributed by atoms with Crippen molar-refractivity contribution < 1.29 is 22.4 Å². The normalized spacial score (nSPS) is 12.8. The molecule has 0 spiro atoms. The van der Waals surface area contributed by atoms with Gasteiger partial charge in [-0.15, -0.1) is 0 Å². The maximum absolute atomic E-state index is 13.5. The highest BCUT2D eigenvalue weighted by atomic mass is 19.4. The Kier molecular flexibility index (Phi) is 5.65. The summed E-state index contributed by atoms with van der Waals surface area (Å²) in [6, 6.07) is 6.70. The van der Waals surface area contributed by atoms with Crippen molar-refractivity contribution in [2.75, 3.05) is 5.32 Å². The Morgan fingerprint density at radius 1 is 1.13 bits per heavy atom. The van der Waals surface area contributed by atoms with Crippen molar-refractivity contribution in [2.24, 2.45) is 0 Å². The lowest BCUT2D eigenvalue weighted by molar-refractivity contribution is -0.142. The molecule has 3 rings (SSSR count). The van der Waals surface area contributed by atoms with E-state index in [1.807, 2.05) is 0 Å². The lowest BCUT2D eigenvalue weighted by Crippen LogP contribution is -2.37. The zero-order valence-electron chi connectivity index (χ0n) is 16.5. The summed E-state index contributed by atoms with van der Waals surface area (Å²) < 4.78 is 54.4. The smallest absolute Gasteiger partial charge is 0.324 e. The number of carbonyl (C=O) groups is 1. The Morgan fingerprint density at radius 2 is 1.73 bits per heavy atom. The number of hydrogen-bond donors (Lipinski definition) is 1. The summed E-state index contributed by atoms with van der Waals surface area (Å²) in [5.41, 5.74) is -1.15. The Hall–Kier alpha value is -3.23. The molecule has 0 fully saturated rings. The predicted octanol–water partition coefficient (Wildman–Crippen LogP) is 4.76. The first-order chi connectivity index (χ1) is 14.0. The van der Waals surface area contributed by atoms with Gasteiger partial charge in [-0.3, -0.25) is 14.2 Å². The number of benzene rings is 2. The van der Waals surface area contributed by atoms with E-state index < -0.39 is 35.2 Å². The molecule has 0 bridgehead atoms. The second-order valence-corrected chi connectivity index (χ2v) is 6.98. The Labute approximate surface area is 169 Å². The van der Waals surface area contributed by atoms with Gasteiger partial charge in [0.25, 0.3) is 5.56 Å². The lowest BCUT2D eigenvalue weighted by Gasteiger charge is -2.22. The van der Waals surface area contributed by atoms with Crippen LogP contribution in [-0.4, -0.2) is 15.5 Å². The van der Waals surface area contributed by atoms with Gasteiger partial charge in [0.05, 0.1) is 11.0 Å². The molecule has 0 aliphatic rings. The van der Waals surface area contributed by atoms with Crippen LogP contribution in [0.5, 0.6) is 0 Å². The molecule has 0 radical (unpaired) electrons. The summed E-state index contributed by atoms with van der Waals surface area (Å²) in [5.74, 6) is -1.19. The van der Waals surface area contributed by atoms with Crippen molar-refractivity contribution in [3.63, 3.8) is 0 Å². The molecule has 0 unspecified atom stereocenters. The third-order valence-electron chi connectivity index (χ3n) is 4.89. The van der Waals surface area contributed by atoms with Gasteiger partial charge in [0.2, 0.25) is 11.6 Å². The van der Waals surface area contributed by atoms with E-state index in [1.165, 1.54) is 18.2 Å². The zero-order chi connectivity index (χ0) is 22.2. The minimum atomic E-state index is -4.97. The highest BCUT2D eigenvalue weighted by molar-refractivity contribution is 5.94. The molecular formula is C21H19F4N3O2. The number of carbonyl (C=O) groups excluding carboxylic acids is 1. The van der Waals surface area contributed by atoms with E-state index in [2.05, 4.69) is 10.3 Å². The van der Waals surface area contributed by atoms with Crippen LogP contribution in [0.3, 0.4) is 0 Å². The van der Waals surface area contributed by atoms with E-state index in [0.717, 1.165) is 22.3 Å². The molecule has 1 amide bonds. The van der Waals surface area contributed by atoms with Crippen molar-refractivity contribution in [1.29, 1.82) is 0 Å². The van der Waals surface area contributed by atoms with E-state index in [4.69, 9.17) is 0 Å². The second kappa shape index (κ2) is 7.89. The minimum absolute atomic E-state index is 0.0296. The lowest BCUT2D eigenvalue weighted by atomic mass is 10.1. The van der Waals surface area contributed by atoms with Crippen LogP contribution >= 0.6 is 0 Å². The van der Waals surface area contributed by atoms with Crippen molar-refractivity contribution in [3.8, 4) is 0 Å². The first-order valence-electron chi connectivity index (χ1n) is 9.20. The molecule has 1 atom stereocenters. The number of aryl methyl sites for hydroxylation is 2. The van der Waals surface area contributed by atoms with Gasteiger partial charge in [0.15, 0.2) is 0 Å². The molecule has 0 aliphatic carbocycles. The number of aromatic nitrogens is 2. The molecule has 2 aromatic carbocycles. The molecule has 3 aromatic rings. The third-order valence-corrected chi connectivity index (χ3v) is 4.89. The van der Waals surface area contributed by atoms with Gasteiger partial charge in [-0.25, -0.2) is 9.37 Å². The van der Waals surface area contributed by atoms with Gasteiger partial charge in [-0.1, -0.05) is 6.92 Å². The number of nitrogens with zero attached hydrogens (tertiary/aromatic N) is 2. The van der Waals surface area contributed by atoms with Crippen LogP contribution in [-0.2, 0) is 11.0 Å². The van der Waals surface area contributed by atoms with Crippen LogP contribution in [0.2, 0.25) is 0 Å². The Bertz CT molecular complexity index is 1170. The van der Waals surface area contributed by atoms with Gasteiger partial charge < -0.3 is 5.32 Å². The predicted molar refractivity (Wildman–Crippen MR) is 105 cm³/mol. The Morgan fingerprint density at radius 3 is 2.30 bits per heavy atom. The average molecular weight is 421 g/mol. The topological polar surface area (TPSA) is 64.0 Å². The molecule has 30 heavy (non-hydrogen) atoms. The highest BCUT2D eigenvalue weighted by Crippen LogP contribution is 2.29. The molecule has 0 saturated heterocycles. The fourth-order valence-electron chi connectivity index (χ4n) is 3.20. The SMILES string of the molecule is CC[C@@H](C(=O)Nc1ccc(F)cc1)n1c(=O)c(C(F)(F)F)nc2cc(C)c(C)cc21. The molecule has 1 N–H and O–H groups in total. The summed E-state index contributed by atoms with van der Waals surface area (Å²) in [4.78, 5) is 29.2. The van der Waals surface area contributed by atoms with E-state index in [-0.39, 0.29) is 23.1 Å². The number of nitrogens with one attached hydrogen (secondary N) is 1. The van der Waals surface area contributed by atoms with Gasteiger partial charge in [0, 0.05) is 5.69 Å². The average Bonchev–Trinajstić information content (AvgIpc) is 2.66. The summed E-state index contributed by atoms with van der Waals surface area (Å²) in [6.07, 6.45) is -4.92. The number of hydrogen-bond acceptors (Lipinski definition) is 3. The Balaban J connectivity index is 2.21. The van der Waals surface area contributed by atoms with Gasteiger partial charge >= 0.3 is 6.18 Å². The highest BCUT2D eigenvalue weighted by Gasteiger charge is 2.38. The number of alkyl halides is 3. The largest absolute Gasteiger partial charge is 0.438 e. The van der Waals surface area contributed by atoms with Crippen molar-refractivity contribution in [1.82, 2.24) is 9.55 Å². The molecule has 5 nitrogen and oxygen atoms in total. The third kappa shape index (κ3) is 4.05. The molecular weight excluding hydrogens is 402 g/mol. The van der Waals surface area contributed by atoms with Gasteiger partial charge in [-0.2, -0.15) is 13.2 Å².